The summed E-state index contributed by atoms with van der Waals surface area (Å²) in [4.78, 5) is 22.0. The van der Waals surface area contributed by atoms with Gasteiger partial charge >= 0.3 is 11.9 Å². The number of methoxy groups -OCH3 is 1. The van der Waals surface area contributed by atoms with Gasteiger partial charge < -0.3 is 15.2 Å². The topological polar surface area (TPSA) is 75.6 Å². The van der Waals surface area contributed by atoms with Crippen molar-refractivity contribution in [3.63, 3.8) is 0 Å². The van der Waals surface area contributed by atoms with Crippen LogP contribution in [0.15, 0.2) is 18.2 Å². The number of ether oxygens (including phenoxy) is 1. The Morgan fingerprint density at radius 3 is 2.72 bits per heavy atom. The number of rotatable bonds is 5. The molecule has 1 aromatic carbocycles. The zero-order valence-corrected chi connectivity index (χ0v) is 10.8. The van der Waals surface area contributed by atoms with Crippen LogP contribution >= 0.6 is 11.6 Å². The van der Waals surface area contributed by atoms with Crippen LogP contribution in [0.1, 0.15) is 17.3 Å². The van der Waals surface area contributed by atoms with Crippen LogP contribution in [-0.4, -0.2) is 30.7 Å². The molecule has 0 heterocycles. The van der Waals surface area contributed by atoms with Crippen molar-refractivity contribution >= 4 is 29.2 Å². The van der Waals surface area contributed by atoms with Crippen LogP contribution in [0.5, 0.6) is 0 Å². The van der Waals surface area contributed by atoms with E-state index in [1.807, 2.05) is 0 Å². The van der Waals surface area contributed by atoms with Gasteiger partial charge in [-0.3, -0.25) is 4.79 Å². The number of carbonyl (C=O) groups is 2. The second-order valence-corrected chi connectivity index (χ2v) is 4.21. The fourth-order valence-electron chi connectivity index (χ4n) is 1.26. The predicted molar refractivity (Wildman–Crippen MR) is 68.1 cm³/mol. The third-order valence-corrected chi connectivity index (χ3v) is 2.74. The minimum atomic E-state index is -0.900. The largest absolute Gasteiger partial charge is 0.481 e. The molecule has 0 bridgehead atoms. The standard InChI is InChI=1S/C12H14ClNO4/c1-7(11(15)16)6-14-10-5-8(12(17)18-2)3-4-9(10)13/h3-5,7,14H,6H2,1-2H3,(H,15,16). The average Bonchev–Trinajstić information content (AvgIpc) is 2.36. The van der Waals surface area contributed by atoms with Crippen molar-refractivity contribution in [2.24, 2.45) is 5.92 Å². The van der Waals surface area contributed by atoms with Crippen LogP contribution in [0.3, 0.4) is 0 Å². The molecule has 1 unspecified atom stereocenters. The lowest BCUT2D eigenvalue weighted by molar-refractivity contribution is -0.140. The van der Waals surface area contributed by atoms with E-state index >= 15 is 0 Å². The lowest BCUT2D eigenvalue weighted by atomic mass is 10.1. The molecular weight excluding hydrogens is 258 g/mol. The molecular formula is C12H14ClNO4. The Balaban J connectivity index is 2.81. The number of anilines is 1. The number of aliphatic carboxylic acids is 1. The van der Waals surface area contributed by atoms with Crippen molar-refractivity contribution in [1.29, 1.82) is 0 Å². The molecule has 0 saturated carbocycles. The average molecular weight is 272 g/mol. The van der Waals surface area contributed by atoms with Crippen LogP contribution < -0.4 is 5.32 Å². The van der Waals surface area contributed by atoms with E-state index in [1.54, 1.807) is 19.1 Å². The highest BCUT2D eigenvalue weighted by molar-refractivity contribution is 6.33. The maximum atomic E-state index is 11.3. The summed E-state index contributed by atoms with van der Waals surface area (Å²) in [6.07, 6.45) is 0. The maximum absolute atomic E-state index is 11.3. The van der Waals surface area contributed by atoms with Crippen LogP contribution in [0.25, 0.3) is 0 Å². The van der Waals surface area contributed by atoms with E-state index in [0.717, 1.165) is 0 Å². The van der Waals surface area contributed by atoms with Crippen molar-refractivity contribution < 1.29 is 19.4 Å². The Bertz CT molecular complexity index is 461. The second kappa shape index (κ2) is 6.26. The molecule has 2 N–H and O–H groups in total. The Kier molecular flexibility index (Phi) is 4.97. The van der Waals surface area contributed by atoms with Gasteiger partial charge in [0.25, 0.3) is 0 Å². The van der Waals surface area contributed by atoms with Gasteiger partial charge in [0, 0.05) is 6.54 Å². The first kappa shape index (κ1) is 14.3. The number of carboxylic acid groups (broad SMARTS) is 1. The number of halogens is 1. The summed E-state index contributed by atoms with van der Waals surface area (Å²) in [5.41, 5.74) is 0.861. The SMILES string of the molecule is COC(=O)c1ccc(Cl)c(NCC(C)C(=O)O)c1. The second-order valence-electron chi connectivity index (χ2n) is 3.81. The van der Waals surface area contributed by atoms with Crippen LogP contribution in [0.2, 0.25) is 5.02 Å². The maximum Gasteiger partial charge on any atom is 0.337 e. The van der Waals surface area contributed by atoms with Gasteiger partial charge in [-0.15, -0.1) is 0 Å². The van der Waals surface area contributed by atoms with E-state index in [1.165, 1.54) is 13.2 Å². The molecule has 98 valence electrons. The van der Waals surface area contributed by atoms with E-state index in [4.69, 9.17) is 16.7 Å². The van der Waals surface area contributed by atoms with Crippen LogP contribution in [-0.2, 0) is 9.53 Å². The zero-order chi connectivity index (χ0) is 13.7. The number of hydrogen-bond acceptors (Lipinski definition) is 4. The molecule has 0 spiro atoms. The number of carbonyl (C=O) groups excluding carboxylic acids is 1. The minimum Gasteiger partial charge on any atom is -0.481 e. The molecule has 6 heteroatoms. The smallest absolute Gasteiger partial charge is 0.337 e. The fourth-order valence-corrected chi connectivity index (χ4v) is 1.44. The van der Waals surface area contributed by atoms with Crippen molar-refractivity contribution in [2.45, 2.75) is 6.92 Å². The van der Waals surface area contributed by atoms with Gasteiger partial charge in [-0.05, 0) is 18.2 Å². The van der Waals surface area contributed by atoms with Crippen LogP contribution in [0, 0.1) is 5.92 Å². The molecule has 1 rings (SSSR count). The molecule has 0 radical (unpaired) electrons. The summed E-state index contributed by atoms with van der Waals surface area (Å²) in [6, 6.07) is 4.63. The first-order chi connectivity index (χ1) is 8.45. The van der Waals surface area contributed by atoms with E-state index < -0.39 is 17.9 Å². The van der Waals surface area contributed by atoms with Crippen molar-refractivity contribution in [3.05, 3.63) is 28.8 Å². The quantitative estimate of drug-likeness (QED) is 0.804. The van der Waals surface area contributed by atoms with Gasteiger partial charge in [0.2, 0.25) is 0 Å². The van der Waals surface area contributed by atoms with Gasteiger partial charge in [-0.2, -0.15) is 0 Å². The number of hydrogen-bond donors (Lipinski definition) is 2. The first-order valence-corrected chi connectivity index (χ1v) is 5.68. The Labute approximate surface area is 110 Å². The molecule has 0 aliphatic rings. The van der Waals surface area contributed by atoms with Gasteiger partial charge in [0.15, 0.2) is 0 Å². The van der Waals surface area contributed by atoms with E-state index in [0.29, 0.717) is 16.3 Å². The van der Waals surface area contributed by atoms with Crippen molar-refractivity contribution in [3.8, 4) is 0 Å². The molecule has 0 aliphatic carbocycles. The van der Waals surface area contributed by atoms with E-state index in [2.05, 4.69) is 10.1 Å². The molecule has 18 heavy (non-hydrogen) atoms. The van der Waals surface area contributed by atoms with Gasteiger partial charge in [0.05, 0.1) is 29.3 Å². The Morgan fingerprint density at radius 1 is 1.50 bits per heavy atom. The van der Waals surface area contributed by atoms with Gasteiger partial charge in [0.1, 0.15) is 0 Å². The molecule has 0 amide bonds. The first-order valence-electron chi connectivity index (χ1n) is 5.30. The Hall–Kier alpha value is -1.75. The molecule has 1 atom stereocenters. The summed E-state index contributed by atoms with van der Waals surface area (Å²) >= 11 is 5.95. The minimum absolute atomic E-state index is 0.222. The number of nitrogens with one attached hydrogen (secondary N) is 1. The molecule has 0 saturated heterocycles. The number of benzene rings is 1. The highest BCUT2D eigenvalue weighted by atomic mass is 35.5. The van der Waals surface area contributed by atoms with Crippen molar-refractivity contribution in [2.75, 3.05) is 19.0 Å². The third kappa shape index (κ3) is 3.63. The van der Waals surface area contributed by atoms with E-state index in [-0.39, 0.29) is 6.54 Å². The predicted octanol–water partition coefficient (Wildman–Crippen LogP) is 2.26. The fraction of sp³-hybridized carbons (Fsp3) is 0.333. The normalized spacial score (nSPS) is 11.7. The molecule has 0 aromatic heterocycles. The van der Waals surface area contributed by atoms with Gasteiger partial charge in [-0.25, -0.2) is 4.79 Å². The van der Waals surface area contributed by atoms with Crippen molar-refractivity contribution in [1.82, 2.24) is 0 Å². The lowest BCUT2D eigenvalue weighted by Crippen LogP contribution is -2.19. The third-order valence-electron chi connectivity index (χ3n) is 2.41. The molecule has 0 fully saturated rings. The van der Waals surface area contributed by atoms with Gasteiger partial charge in [-0.1, -0.05) is 18.5 Å². The highest BCUT2D eigenvalue weighted by Crippen LogP contribution is 2.23. The monoisotopic (exact) mass is 271 g/mol. The number of carboxylic acids is 1. The summed E-state index contributed by atoms with van der Waals surface area (Å²) in [5, 5.41) is 12.1. The summed E-state index contributed by atoms with van der Waals surface area (Å²) in [7, 11) is 1.29. The highest BCUT2D eigenvalue weighted by Gasteiger charge is 2.13. The number of esters is 1. The zero-order valence-electron chi connectivity index (χ0n) is 10.1. The summed E-state index contributed by atoms with van der Waals surface area (Å²) < 4.78 is 4.59. The van der Waals surface area contributed by atoms with Crippen LogP contribution in [0.4, 0.5) is 5.69 Å². The van der Waals surface area contributed by atoms with E-state index in [9.17, 15) is 9.59 Å². The lowest BCUT2D eigenvalue weighted by Gasteiger charge is -2.12. The summed E-state index contributed by atoms with van der Waals surface area (Å²) in [6.45, 7) is 1.80. The molecule has 0 aliphatic heterocycles. The molecule has 5 nitrogen and oxygen atoms in total. The molecule has 1 aromatic rings. The summed E-state index contributed by atoms with van der Waals surface area (Å²) in [5.74, 6) is -1.92. The Morgan fingerprint density at radius 2 is 2.17 bits per heavy atom.